The minimum Gasteiger partial charge on any atom is -0.496 e. The van der Waals surface area contributed by atoms with Crippen LogP contribution in [0, 0.1) is 5.82 Å². The van der Waals surface area contributed by atoms with E-state index >= 15 is 0 Å². The summed E-state index contributed by atoms with van der Waals surface area (Å²) in [7, 11) is 1.49. The summed E-state index contributed by atoms with van der Waals surface area (Å²) < 4.78 is 18.4. The number of nitrogens with one attached hydrogen (secondary N) is 1. The Labute approximate surface area is 125 Å². The molecule has 0 atom stereocenters. The van der Waals surface area contributed by atoms with Crippen LogP contribution in [0.25, 0.3) is 0 Å². The lowest BCUT2D eigenvalue weighted by molar-refractivity contribution is 0.100. The molecule has 1 aromatic carbocycles. The van der Waals surface area contributed by atoms with Crippen LogP contribution in [0.3, 0.4) is 0 Å². The molecule has 21 heavy (non-hydrogen) atoms. The third kappa shape index (κ3) is 3.61. The molecule has 0 aliphatic carbocycles. The fourth-order valence-electron chi connectivity index (χ4n) is 1.85. The van der Waals surface area contributed by atoms with Crippen LogP contribution in [0.1, 0.15) is 15.9 Å². The molecule has 0 radical (unpaired) electrons. The average Bonchev–Trinajstić information content (AvgIpc) is 2.45. The molecule has 0 bridgehead atoms. The van der Waals surface area contributed by atoms with E-state index in [-0.39, 0.29) is 23.1 Å². The number of pyridine rings is 1. The van der Waals surface area contributed by atoms with Crippen molar-refractivity contribution in [3.05, 3.63) is 52.6 Å². The highest BCUT2D eigenvalue weighted by Gasteiger charge is 2.11. The second-order valence-corrected chi connectivity index (χ2v) is 4.61. The zero-order chi connectivity index (χ0) is 15.4. The van der Waals surface area contributed by atoms with E-state index in [1.165, 1.54) is 37.6 Å². The molecular formula is C14H13ClFN3O2. The number of aromatic nitrogens is 1. The van der Waals surface area contributed by atoms with Gasteiger partial charge in [0.25, 0.3) is 5.91 Å². The molecule has 0 saturated carbocycles. The van der Waals surface area contributed by atoms with E-state index in [1.54, 1.807) is 0 Å². The summed E-state index contributed by atoms with van der Waals surface area (Å²) in [6.07, 6.45) is 1.29. The highest BCUT2D eigenvalue weighted by Crippen LogP contribution is 2.23. The quantitative estimate of drug-likeness (QED) is 0.832. The molecule has 0 fully saturated rings. The van der Waals surface area contributed by atoms with E-state index in [0.717, 1.165) is 0 Å². The summed E-state index contributed by atoms with van der Waals surface area (Å²) in [5.74, 6) is -0.479. The predicted octanol–water partition coefficient (Wildman–Crippen LogP) is 2.59. The number of ether oxygens (including phenoxy) is 1. The van der Waals surface area contributed by atoms with E-state index in [1.807, 2.05) is 0 Å². The normalized spacial score (nSPS) is 10.2. The SMILES string of the molecule is COc1ccc(F)cc1CNc1cc(Cl)ncc1C(N)=O. The number of carbonyl (C=O) groups excluding carboxylic acids is 1. The number of anilines is 1. The summed E-state index contributed by atoms with van der Waals surface area (Å²) in [4.78, 5) is 15.1. The Morgan fingerprint density at radius 3 is 2.90 bits per heavy atom. The maximum atomic E-state index is 13.3. The second kappa shape index (κ2) is 6.41. The van der Waals surface area contributed by atoms with Crippen LogP contribution in [-0.2, 0) is 6.54 Å². The Hall–Kier alpha value is -2.34. The number of methoxy groups -OCH3 is 1. The largest absolute Gasteiger partial charge is 0.496 e. The Kier molecular flexibility index (Phi) is 4.59. The van der Waals surface area contributed by atoms with Crippen molar-refractivity contribution >= 4 is 23.2 Å². The zero-order valence-corrected chi connectivity index (χ0v) is 11.9. The van der Waals surface area contributed by atoms with Gasteiger partial charge in [0.05, 0.1) is 18.4 Å². The number of hydrogen-bond acceptors (Lipinski definition) is 4. The van der Waals surface area contributed by atoms with E-state index in [0.29, 0.717) is 17.0 Å². The van der Waals surface area contributed by atoms with Gasteiger partial charge in [0, 0.05) is 18.3 Å². The Morgan fingerprint density at radius 2 is 2.24 bits per heavy atom. The van der Waals surface area contributed by atoms with Gasteiger partial charge >= 0.3 is 0 Å². The summed E-state index contributed by atoms with van der Waals surface area (Å²) in [5, 5.41) is 3.20. The summed E-state index contributed by atoms with van der Waals surface area (Å²) >= 11 is 5.80. The minimum atomic E-state index is -0.632. The van der Waals surface area contributed by atoms with Gasteiger partial charge in [-0.1, -0.05) is 11.6 Å². The van der Waals surface area contributed by atoms with Gasteiger partial charge in [-0.3, -0.25) is 4.79 Å². The van der Waals surface area contributed by atoms with Crippen LogP contribution in [0.5, 0.6) is 5.75 Å². The Morgan fingerprint density at radius 1 is 1.48 bits per heavy atom. The fourth-order valence-corrected chi connectivity index (χ4v) is 2.01. The summed E-state index contributed by atoms with van der Waals surface area (Å²) in [5.41, 5.74) is 6.49. The monoisotopic (exact) mass is 309 g/mol. The van der Waals surface area contributed by atoms with Crippen molar-refractivity contribution in [2.45, 2.75) is 6.54 Å². The first-order valence-corrected chi connectivity index (χ1v) is 6.40. The second-order valence-electron chi connectivity index (χ2n) is 4.23. The lowest BCUT2D eigenvalue weighted by atomic mass is 10.1. The number of primary amides is 1. The molecule has 0 saturated heterocycles. The van der Waals surface area contributed by atoms with Crippen molar-refractivity contribution in [2.75, 3.05) is 12.4 Å². The molecule has 0 spiro atoms. The maximum Gasteiger partial charge on any atom is 0.252 e. The van der Waals surface area contributed by atoms with Crippen LogP contribution >= 0.6 is 11.6 Å². The number of hydrogen-bond donors (Lipinski definition) is 2. The van der Waals surface area contributed by atoms with Gasteiger partial charge in [0.15, 0.2) is 0 Å². The van der Waals surface area contributed by atoms with Crippen molar-refractivity contribution in [2.24, 2.45) is 5.73 Å². The van der Waals surface area contributed by atoms with Crippen molar-refractivity contribution in [3.63, 3.8) is 0 Å². The van der Waals surface area contributed by atoms with Gasteiger partial charge in [-0.2, -0.15) is 0 Å². The molecule has 2 rings (SSSR count). The first-order valence-electron chi connectivity index (χ1n) is 6.03. The molecule has 1 aromatic heterocycles. The first kappa shape index (κ1) is 15.1. The molecule has 1 amide bonds. The number of halogens is 2. The molecule has 0 aliphatic rings. The van der Waals surface area contributed by atoms with Gasteiger partial charge in [-0.15, -0.1) is 0 Å². The number of amides is 1. The van der Waals surface area contributed by atoms with Gasteiger partial charge in [-0.25, -0.2) is 9.37 Å². The third-order valence-electron chi connectivity index (χ3n) is 2.85. The molecule has 110 valence electrons. The molecule has 1 heterocycles. The Balaban J connectivity index is 2.26. The van der Waals surface area contributed by atoms with E-state index in [2.05, 4.69) is 10.3 Å². The molecule has 5 nitrogen and oxygen atoms in total. The Bertz CT molecular complexity index is 679. The average molecular weight is 310 g/mol. The molecular weight excluding hydrogens is 297 g/mol. The van der Waals surface area contributed by atoms with E-state index in [4.69, 9.17) is 22.1 Å². The lowest BCUT2D eigenvalue weighted by Crippen LogP contribution is -2.15. The fraction of sp³-hybridized carbons (Fsp3) is 0.143. The number of carbonyl (C=O) groups is 1. The topological polar surface area (TPSA) is 77.2 Å². The molecule has 2 aromatic rings. The smallest absolute Gasteiger partial charge is 0.252 e. The number of nitrogens with two attached hydrogens (primary N) is 1. The van der Waals surface area contributed by atoms with Crippen molar-refractivity contribution in [1.82, 2.24) is 4.98 Å². The van der Waals surface area contributed by atoms with Gasteiger partial charge in [0.1, 0.15) is 16.7 Å². The molecule has 0 unspecified atom stereocenters. The minimum absolute atomic E-state index is 0.203. The van der Waals surface area contributed by atoms with Gasteiger partial charge in [-0.05, 0) is 24.3 Å². The van der Waals surface area contributed by atoms with Crippen LogP contribution in [0.4, 0.5) is 10.1 Å². The highest BCUT2D eigenvalue weighted by molar-refractivity contribution is 6.29. The van der Waals surface area contributed by atoms with E-state index < -0.39 is 5.91 Å². The highest BCUT2D eigenvalue weighted by atomic mass is 35.5. The molecule has 7 heteroatoms. The molecule has 0 aliphatic heterocycles. The standard InChI is InChI=1S/C14H13ClFN3O2/c1-21-12-3-2-9(16)4-8(12)6-18-11-5-13(15)19-7-10(11)14(17)20/h2-5,7H,6H2,1H3,(H2,17,20)(H,18,19). The van der Waals surface area contributed by atoms with Gasteiger partial charge in [0.2, 0.25) is 0 Å². The third-order valence-corrected chi connectivity index (χ3v) is 3.05. The van der Waals surface area contributed by atoms with Crippen LogP contribution in [0.15, 0.2) is 30.5 Å². The van der Waals surface area contributed by atoms with Crippen molar-refractivity contribution in [3.8, 4) is 5.75 Å². The van der Waals surface area contributed by atoms with Gasteiger partial charge < -0.3 is 15.8 Å². The van der Waals surface area contributed by atoms with Crippen LogP contribution < -0.4 is 15.8 Å². The van der Waals surface area contributed by atoms with Crippen LogP contribution in [0.2, 0.25) is 5.15 Å². The zero-order valence-electron chi connectivity index (χ0n) is 11.2. The molecule has 3 N–H and O–H groups in total. The predicted molar refractivity (Wildman–Crippen MR) is 78.0 cm³/mol. The summed E-state index contributed by atoms with van der Waals surface area (Å²) in [6.45, 7) is 0.238. The van der Waals surface area contributed by atoms with Crippen molar-refractivity contribution in [1.29, 1.82) is 0 Å². The van der Waals surface area contributed by atoms with Crippen LogP contribution in [-0.4, -0.2) is 18.0 Å². The number of benzene rings is 1. The van der Waals surface area contributed by atoms with Crippen molar-refractivity contribution < 1.29 is 13.9 Å². The number of rotatable bonds is 5. The lowest BCUT2D eigenvalue weighted by Gasteiger charge is -2.12. The summed E-state index contributed by atoms with van der Waals surface area (Å²) in [6, 6.07) is 5.66. The van der Waals surface area contributed by atoms with E-state index in [9.17, 15) is 9.18 Å². The first-order chi connectivity index (χ1) is 10.0. The maximum absolute atomic E-state index is 13.3. The number of nitrogens with zero attached hydrogens (tertiary/aromatic N) is 1.